The lowest BCUT2D eigenvalue weighted by Crippen LogP contribution is -2.30. The smallest absolute Gasteiger partial charge is 0.0648 e. The van der Waals surface area contributed by atoms with Gasteiger partial charge in [-0.2, -0.15) is 0 Å². The molecule has 0 heterocycles. The van der Waals surface area contributed by atoms with Gasteiger partial charge in [0.25, 0.3) is 0 Å². The molecule has 39 heavy (non-hydrogen) atoms. The second-order valence-electron chi connectivity index (χ2n) is 12.0. The maximum absolute atomic E-state index is 2.53. The fourth-order valence-electron chi connectivity index (χ4n) is 7.34. The van der Waals surface area contributed by atoms with Crippen LogP contribution in [0.5, 0.6) is 0 Å². The van der Waals surface area contributed by atoms with Gasteiger partial charge in [0.05, 0.1) is 5.41 Å². The molecule has 0 aliphatic heterocycles. The highest BCUT2D eigenvalue weighted by molar-refractivity contribution is 5.88. The standard InChI is InChI=1S/C39H34/c1-3-25(2)26-8-10-27(11-9-26)32-18-21-36-35-6-4-5-7-37(35)39(38(36)24-32,33-19-16-28-12-14-30(28)22-33)34-20-17-29-13-15-31(29)23-34/h4-11,16-25H,3,12-15H2,1-2H3. The monoisotopic (exact) mass is 502 g/mol. The van der Waals surface area contributed by atoms with Crippen molar-refractivity contribution >= 4 is 0 Å². The maximum atomic E-state index is 2.53. The molecule has 0 aromatic heterocycles. The highest BCUT2D eigenvalue weighted by Gasteiger charge is 2.47. The Morgan fingerprint density at radius 3 is 1.74 bits per heavy atom. The first-order valence-electron chi connectivity index (χ1n) is 14.8. The Morgan fingerprint density at radius 1 is 0.564 bits per heavy atom. The summed E-state index contributed by atoms with van der Waals surface area (Å²) in [4.78, 5) is 0. The van der Waals surface area contributed by atoms with E-state index >= 15 is 0 Å². The van der Waals surface area contributed by atoms with Crippen LogP contribution in [0.15, 0.2) is 103 Å². The average Bonchev–Trinajstić information content (AvgIpc) is 3.24. The van der Waals surface area contributed by atoms with Gasteiger partial charge in [-0.25, -0.2) is 0 Å². The molecule has 3 aliphatic rings. The van der Waals surface area contributed by atoms with Gasteiger partial charge in [0, 0.05) is 0 Å². The molecule has 0 spiro atoms. The number of hydrogen-bond acceptors (Lipinski definition) is 0. The van der Waals surface area contributed by atoms with Crippen molar-refractivity contribution in [3.05, 3.63) is 153 Å². The summed E-state index contributed by atoms with van der Waals surface area (Å²) in [6.07, 6.45) is 5.98. The summed E-state index contributed by atoms with van der Waals surface area (Å²) in [5.41, 5.74) is 18.2. The summed E-state index contributed by atoms with van der Waals surface area (Å²) in [7, 11) is 0. The Labute approximate surface area is 232 Å². The van der Waals surface area contributed by atoms with Crippen LogP contribution in [0.4, 0.5) is 0 Å². The highest BCUT2D eigenvalue weighted by atomic mass is 14.5. The summed E-state index contributed by atoms with van der Waals surface area (Å²) < 4.78 is 0. The molecule has 0 amide bonds. The molecule has 8 rings (SSSR count). The molecule has 0 saturated heterocycles. The zero-order valence-corrected chi connectivity index (χ0v) is 22.9. The second-order valence-corrected chi connectivity index (χ2v) is 12.0. The van der Waals surface area contributed by atoms with E-state index in [1.54, 1.807) is 0 Å². The number of fused-ring (bicyclic) bond motifs is 5. The Kier molecular flexibility index (Phi) is 5.05. The van der Waals surface area contributed by atoms with E-state index in [0.717, 1.165) is 0 Å². The van der Waals surface area contributed by atoms with Gasteiger partial charge in [-0.15, -0.1) is 0 Å². The molecule has 0 radical (unpaired) electrons. The van der Waals surface area contributed by atoms with Crippen LogP contribution in [0, 0.1) is 0 Å². The summed E-state index contributed by atoms with van der Waals surface area (Å²) >= 11 is 0. The average molecular weight is 503 g/mol. The Hall–Kier alpha value is -3.90. The van der Waals surface area contributed by atoms with Gasteiger partial charge >= 0.3 is 0 Å². The zero-order chi connectivity index (χ0) is 26.1. The largest absolute Gasteiger partial charge is 0.0713 e. The van der Waals surface area contributed by atoms with E-state index in [2.05, 4.69) is 117 Å². The van der Waals surface area contributed by atoms with Gasteiger partial charge in [0.1, 0.15) is 0 Å². The first kappa shape index (κ1) is 23.0. The Bertz CT molecular complexity index is 1690. The third-order valence-corrected chi connectivity index (χ3v) is 10.1. The molecule has 5 aromatic rings. The highest BCUT2D eigenvalue weighted by Crippen LogP contribution is 2.57. The molecular formula is C39H34. The normalized spacial score (nSPS) is 16.3. The Morgan fingerprint density at radius 2 is 1.15 bits per heavy atom. The minimum atomic E-state index is -0.312. The molecule has 5 aromatic carbocycles. The lowest BCUT2D eigenvalue weighted by Gasteiger charge is -2.37. The van der Waals surface area contributed by atoms with Gasteiger partial charge in [0.2, 0.25) is 0 Å². The molecule has 1 unspecified atom stereocenters. The van der Waals surface area contributed by atoms with Gasteiger partial charge in [-0.1, -0.05) is 111 Å². The van der Waals surface area contributed by atoms with Crippen LogP contribution in [0.2, 0.25) is 0 Å². The maximum Gasteiger partial charge on any atom is 0.0713 e. The van der Waals surface area contributed by atoms with E-state index < -0.39 is 0 Å². The number of aryl methyl sites for hydroxylation is 4. The summed E-state index contributed by atoms with van der Waals surface area (Å²) in [5.74, 6) is 0.590. The Balaban J connectivity index is 1.40. The SMILES string of the molecule is CCC(C)c1ccc(-c2ccc3c(c2)C(c2ccc4c(c2)CC4)(c2ccc4c(c2)CC4)c2ccccc2-3)cc1. The van der Waals surface area contributed by atoms with E-state index in [-0.39, 0.29) is 5.41 Å². The lowest BCUT2D eigenvalue weighted by molar-refractivity contribution is 0.734. The van der Waals surface area contributed by atoms with E-state index in [1.807, 2.05) is 0 Å². The van der Waals surface area contributed by atoms with E-state index in [1.165, 1.54) is 104 Å². The van der Waals surface area contributed by atoms with E-state index in [9.17, 15) is 0 Å². The van der Waals surface area contributed by atoms with Gasteiger partial charge in [-0.05, 0) is 116 Å². The first-order chi connectivity index (χ1) is 19.2. The predicted molar refractivity (Wildman–Crippen MR) is 163 cm³/mol. The molecule has 0 saturated carbocycles. The quantitative estimate of drug-likeness (QED) is 0.220. The van der Waals surface area contributed by atoms with Crippen molar-refractivity contribution in [1.82, 2.24) is 0 Å². The minimum Gasteiger partial charge on any atom is -0.0648 e. The summed E-state index contributed by atoms with van der Waals surface area (Å²) in [6, 6.07) is 40.4. The third kappa shape index (κ3) is 3.24. The van der Waals surface area contributed by atoms with E-state index in [0.29, 0.717) is 5.92 Å². The predicted octanol–water partition coefficient (Wildman–Crippen LogP) is 9.43. The minimum absolute atomic E-state index is 0.312. The van der Waals surface area contributed by atoms with Crippen molar-refractivity contribution < 1.29 is 0 Å². The van der Waals surface area contributed by atoms with Crippen LogP contribution in [-0.4, -0.2) is 0 Å². The number of hydrogen-bond donors (Lipinski definition) is 0. The summed E-state index contributed by atoms with van der Waals surface area (Å²) in [6.45, 7) is 4.59. The molecule has 0 nitrogen and oxygen atoms in total. The molecular weight excluding hydrogens is 468 g/mol. The fraction of sp³-hybridized carbons (Fsp3) is 0.231. The first-order valence-corrected chi connectivity index (χ1v) is 14.8. The molecule has 1 atom stereocenters. The number of rotatable bonds is 5. The number of benzene rings is 5. The fourth-order valence-corrected chi connectivity index (χ4v) is 7.34. The van der Waals surface area contributed by atoms with E-state index in [4.69, 9.17) is 0 Å². The van der Waals surface area contributed by atoms with Crippen LogP contribution >= 0.6 is 0 Å². The molecule has 190 valence electrons. The van der Waals surface area contributed by atoms with Crippen LogP contribution in [0.3, 0.4) is 0 Å². The third-order valence-electron chi connectivity index (χ3n) is 10.1. The molecule has 0 heteroatoms. The van der Waals surface area contributed by atoms with Crippen molar-refractivity contribution in [2.75, 3.05) is 0 Å². The van der Waals surface area contributed by atoms with Crippen LogP contribution in [-0.2, 0) is 31.1 Å². The van der Waals surface area contributed by atoms with Crippen molar-refractivity contribution in [2.45, 2.75) is 57.3 Å². The van der Waals surface area contributed by atoms with Crippen LogP contribution in [0.1, 0.15) is 76.3 Å². The summed E-state index contributed by atoms with van der Waals surface area (Å²) in [5, 5.41) is 0. The molecule has 0 N–H and O–H groups in total. The van der Waals surface area contributed by atoms with Crippen LogP contribution < -0.4 is 0 Å². The van der Waals surface area contributed by atoms with Crippen molar-refractivity contribution in [2.24, 2.45) is 0 Å². The van der Waals surface area contributed by atoms with Gasteiger partial charge in [0.15, 0.2) is 0 Å². The van der Waals surface area contributed by atoms with Gasteiger partial charge in [-0.3, -0.25) is 0 Å². The van der Waals surface area contributed by atoms with Crippen molar-refractivity contribution in [3.63, 3.8) is 0 Å². The molecule has 0 bridgehead atoms. The van der Waals surface area contributed by atoms with Crippen molar-refractivity contribution in [1.29, 1.82) is 0 Å². The van der Waals surface area contributed by atoms with Crippen molar-refractivity contribution in [3.8, 4) is 22.3 Å². The lowest BCUT2D eigenvalue weighted by atomic mass is 9.65. The molecule has 3 aliphatic carbocycles. The second kappa shape index (κ2) is 8.55. The topological polar surface area (TPSA) is 0 Å². The van der Waals surface area contributed by atoms with Gasteiger partial charge < -0.3 is 0 Å². The molecule has 0 fully saturated rings. The zero-order valence-electron chi connectivity index (χ0n) is 22.9. The van der Waals surface area contributed by atoms with Crippen LogP contribution in [0.25, 0.3) is 22.3 Å².